The number of ether oxygens (including phenoxy) is 1. The van der Waals surface area contributed by atoms with Gasteiger partial charge in [-0.05, 0) is 55.3 Å². The van der Waals surface area contributed by atoms with Crippen molar-refractivity contribution in [3.8, 4) is 5.75 Å². The lowest BCUT2D eigenvalue weighted by Gasteiger charge is -2.18. The average molecular weight is 291 g/mol. The third-order valence-corrected chi connectivity index (χ3v) is 3.53. The second-order valence-electron chi connectivity index (χ2n) is 5.05. The van der Waals surface area contributed by atoms with Crippen LogP contribution < -0.4 is 10.1 Å². The highest BCUT2D eigenvalue weighted by atomic mass is 19.1. The van der Waals surface area contributed by atoms with Crippen molar-refractivity contribution in [2.24, 2.45) is 0 Å². The number of hydrogen-bond acceptors (Lipinski definition) is 2. The predicted molar refractivity (Wildman–Crippen MR) is 79.6 cm³/mol. The fraction of sp³-hybridized carbons (Fsp3) is 0.294. The highest BCUT2D eigenvalue weighted by molar-refractivity contribution is 5.38. The Kier molecular flexibility index (Phi) is 4.91. The maximum Gasteiger partial charge on any atom is 0.126 e. The molecule has 0 amide bonds. The third kappa shape index (κ3) is 3.79. The van der Waals surface area contributed by atoms with Gasteiger partial charge in [-0.2, -0.15) is 0 Å². The van der Waals surface area contributed by atoms with Gasteiger partial charge in [0.15, 0.2) is 0 Å². The lowest BCUT2D eigenvalue weighted by atomic mass is 9.97. The van der Waals surface area contributed by atoms with Crippen LogP contribution in [0.4, 0.5) is 8.78 Å². The summed E-state index contributed by atoms with van der Waals surface area (Å²) in [5.41, 5.74) is 2.71. The van der Waals surface area contributed by atoms with Gasteiger partial charge in [0.05, 0.1) is 7.11 Å². The standard InChI is InChI=1S/C17H19F2NO/c1-11-6-13(4-5-17(11)21-3)16(20-2)9-12-7-14(18)10-15(19)8-12/h4-8,10,16,20H,9H2,1-3H3. The number of nitrogens with one attached hydrogen (secondary N) is 1. The van der Waals surface area contributed by atoms with Crippen LogP contribution >= 0.6 is 0 Å². The van der Waals surface area contributed by atoms with E-state index in [0.717, 1.165) is 22.9 Å². The Morgan fingerprint density at radius 3 is 2.29 bits per heavy atom. The molecular weight excluding hydrogens is 272 g/mol. The molecule has 0 bridgehead atoms. The molecule has 21 heavy (non-hydrogen) atoms. The lowest BCUT2D eigenvalue weighted by Crippen LogP contribution is -2.19. The van der Waals surface area contributed by atoms with E-state index >= 15 is 0 Å². The maximum absolute atomic E-state index is 13.3. The first-order chi connectivity index (χ1) is 10.0. The summed E-state index contributed by atoms with van der Waals surface area (Å²) in [5, 5.41) is 3.18. The van der Waals surface area contributed by atoms with Crippen molar-refractivity contribution >= 4 is 0 Å². The summed E-state index contributed by atoms with van der Waals surface area (Å²) in [5.74, 6) is -0.276. The first kappa shape index (κ1) is 15.4. The minimum absolute atomic E-state index is 0.0178. The molecule has 0 radical (unpaired) electrons. The number of likely N-dealkylation sites (N-methyl/N-ethyl adjacent to an activating group) is 1. The van der Waals surface area contributed by atoms with E-state index in [1.54, 1.807) is 7.11 Å². The predicted octanol–water partition coefficient (Wildman–Crippen LogP) is 3.79. The monoisotopic (exact) mass is 291 g/mol. The maximum atomic E-state index is 13.3. The molecule has 0 spiro atoms. The van der Waals surface area contributed by atoms with Gasteiger partial charge in [-0.15, -0.1) is 0 Å². The molecule has 0 aliphatic rings. The van der Waals surface area contributed by atoms with Crippen molar-refractivity contribution in [1.29, 1.82) is 0 Å². The molecule has 1 unspecified atom stereocenters. The quantitative estimate of drug-likeness (QED) is 0.905. The van der Waals surface area contributed by atoms with Crippen molar-refractivity contribution in [2.75, 3.05) is 14.2 Å². The summed E-state index contributed by atoms with van der Waals surface area (Å²) < 4.78 is 31.8. The van der Waals surface area contributed by atoms with Crippen molar-refractivity contribution in [3.05, 3.63) is 64.7 Å². The molecule has 2 nitrogen and oxygen atoms in total. The molecule has 0 aliphatic carbocycles. The summed E-state index contributed by atoms with van der Waals surface area (Å²) in [7, 11) is 3.47. The van der Waals surface area contributed by atoms with Gasteiger partial charge in [0.2, 0.25) is 0 Å². The van der Waals surface area contributed by atoms with Crippen LogP contribution in [0.1, 0.15) is 22.7 Å². The highest BCUT2D eigenvalue weighted by Crippen LogP contribution is 2.25. The van der Waals surface area contributed by atoms with E-state index in [1.165, 1.54) is 12.1 Å². The molecule has 2 aromatic rings. The second kappa shape index (κ2) is 6.68. The Morgan fingerprint density at radius 1 is 1.10 bits per heavy atom. The second-order valence-corrected chi connectivity index (χ2v) is 5.05. The van der Waals surface area contributed by atoms with Crippen LogP contribution in [0, 0.1) is 18.6 Å². The molecule has 0 aromatic heterocycles. The molecule has 1 N–H and O–H groups in total. The fourth-order valence-corrected chi connectivity index (χ4v) is 2.47. The van der Waals surface area contributed by atoms with Crippen LogP contribution in [0.2, 0.25) is 0 Å². The molecule has 0 aliphatic heterocycles. The largest absolute Gasteiger partial charge is 0.496 e. The summed E-state index contributed by atoms with van der Waals surface area (Å²) in [6, 6.07) is 9.48. The number of rotatable bonds is 5. The van der Waals surface area contributed by atoms with Gasteiger partial charge in [-0.25, -0.2) is 8.78 Å². The van der Waals surface area contributed by atoms with Gasteiger partial charge in [-0.3, -0.25) is 0 Å². The van der Waals surface area contributed by atoms with E-state index in [1.807, 2.05) is 32.2 Å². The van der Waals surface area contributed by atoms with Gasteiger partial charge < -0.3 is 10.1 Å². The minimum atomic E-state index is -0.550. The van der Waals surface area contributed by atoms with E-state index in [2.05, 4.69) is 5.32 Å². The molecule has 2 aromatic carbocycles. The van der Waals surface area contributed by atoms with Crippen LogP contribution in [0.25, 0.3) is 0 Å². The smallest absolute Gasteiger partial charge is 0.126 e. The summed E-state index contributed by atoms with van der Waals surface area (Å²) in [6.45, 7) is 1.97. The summed E-state index contributed by atoms with van der Waals surface area (Å²) >= 11 is 0. The minimum Gasteiger partial charge on any atom is -0.496 e. The SMILES string of the molecule is CNC(Cc1cc(F)cc(F)c1)c1ccc(OC)c(C)c1. The van der Waals surface area contributed by atoms with Gasteiger partial charge in [0, 0.05) is 12.1 Å². The Hall–Kier alpha value is -1.94. The van der Waals surface area contributed by atoms with Crippen LogP contribution in [0.3, 0.4) is 0 Å². The fourth-order valence-electron chi connectivity index (χ4n) is 2.47. The molecule has 0 saturated heterocycles. The number of halogens is 2. The Labute approximate surface area is 123 Å². The Balaban J connectivity index is 2.25. The van der Waals surface area contributed by atoms with Crippen molar-refractivity contribution < 1.29 is 13.5 Å². The Morgan fingerprint density at radius 2 is 1.76 bits per heavy atom. The summed E-state index contributed by atoms with van der Waals surface area (Å²) in [6.07, 6.45) is 0.511. The highest BCUT2D eigenvalue weighted by Gasteiger charge is 2.13. The number of hydrogen-bond donors (Lipinski definition) is 1. The van der Waals surface area contributed by atoms with Crippen molar-refractivity contribution in [2.45, 2.75) is 19.4 Å². The number of benzene rings is 2. The molecule has 1 atom stereocenters. The number of methoxy groups -OCH3 is 1. The molecule has 0 saturated carbocycles. The first-order valence-electron chi connectivity index (χ1n) is 6.80. The molecule has 2 rings (SSSR count). The van der Waals surface area contributed by atoms with E-state index in [0.29, 0.717) is 12.0 Å². The van der Waals surface area contributed by atoms with Crippen LogP contribution in [-0.2, 0) is 6.42 Å². The molecule has 112 valence electrons. The Bertz CT molecular complexity index is 608. The zero-order chi connectivity index (χ0) is 15.4. The van der Waals surface area contributed by atoms with Gasteiger partial charge >= 0.3 is 0 Å². The van der Waals surface area contributed by atoms with Crippen molar-refractivity contribution in [1.82, 2.24) is 5.32 Å². The molecule has 4 heteroatoms. The third-order valence-electron chi connectivity index (χ3n) is 3.53. The molecule has 0 heterocycles. The zero-order valence-corrected chi connectivity index (χ0v) is 12.4. The van der Waals surface area contributed by atoms with Gasteiger partial charge in [0.25, 0.3) is 0 Å². The van der Waals surface area contributed by atoms with E-state index in [9.17, 15) is 8.78 Å². The van der Waals surface area contributed by atoms with Crippen molar-refractivity contribution in [3.63, 3.8) is 0 Å². The lowest BCUT2D eigenvalue weighted by molar-refractivity contribution is 0.411. The van der Waals surface area contributed by atoms with E-state index < -0.39 is 11.6 Å². The first-order valence-corrected chi connectivity index (χ1v) is 6.80. The van der Waals surface area contributed by atoms with E-state index in [-0.39, 0.29) is 6.04 Å². The van der Waals surface area contributed by atoms with Crippen LogP contribution in [0.15, 0.2) is 36.4 Å². The van der Waals surface area contributed by atoms with E-state index in [4.69, 9.17) is 4.74 Å². The molecule has 0 fully saturated rings. The van der Waals surface area contributed by atoms with Crippen LogP contribution in [-0.4, -0.2) is 14.2 Å². The molecular formula is C17H19F2NO. The number of aryl methyl sites for hydroxylation is 1. The normalized spacial score (nSPS) is 12.2. The van der Waals surface area contributed by atoms with Gasteiger partial charge in [-0.1, -0.05) is 12.1 Å². The topological polar surface area (TPSA) is 21.3 Å². The zero-order valence-electron chi connectivity index (χ0n) is 12.4. The summed E-state index contributed by atoms with van der Waals surface area (Å²) in [4.78, 5) is 0. The van der Waals surface area contributed by atoms with Gasteiger partial charge in [0.1, 0.15) is 17.4 Å². The average Bonchev–Trinajstić information content (AvgIpc) is 2.43. The van der Waals surface area contributed by atoms with Crippen LogP contribution in [0.5, 0.6) is 5.75 Å².